The van der Waals surface area contributed by atoms with Crippen molar-refractivity contribution in [2.24, 2.45) is 5.92 Å². The fraction of sp³-hybridized carbons (Fsp3) is 0.556. The number of likely N-dealkylation sites (tertiary alicyclic amines) is 1. The smallest absolute Gasteiger partial charge is 0.123 e. The second-order valence-corrected chi connectivity index (χ2v) is 9.66. The molecule has 1 saturated heterocycles. The maximum atomic E-state index is 14.4. The number of rotatable bonds is 7. The van der Waals surface area contributed by atoms with Gasteiger partial charge in [-0.25, -0.2) is 4.39 Å². The Morgan fingerprint density at radius 3 is 2.17 bits per heavy atom. The molecule has 3 heteroatoms. The summed E-state index contributed by atoms with van der Waals surface area (Å²) in [5.74, 6) is 0.752. The number of aliphatic hydroxyl groups is 1. The summed E-state index contributed by atoms with van der Waals surface area (Å²) in [4.78, 5) is 2.60. The van der Waals surface area contributed by atoms with E-state index in [0.29, 0.717) is 12.8 Å². The molecule has 2 nitrogen and oxygen atoms in total. The monoisotopic (exact) mass is 409 g/mol. The summed E-state index contributed by atoms with van der Waals surface area (Å²) >= 11 is 0. The molecule has 1 saturated carbocycles. The Bertz CT molecular complexity index is 839. The molecule has 0 atom stereocenters. The molecule has 0 bridgehead atoms. The second kappa shape index (κ2) is 8.43. The van der Waals surface area contributed by atoms with Crippen LogP contribution in [-0.2, 0) is 11.0 Å². The maximum absolute atomic E-state index is 14.4. The summed E-state index contributed by atoms with van der Waals surface area (Å²) in [6, 6.07) is 14.1. The van der Waals surface area contributed by atoms with Crippen molar-refractivity contribution in [1.82, 2.24) is 4.90 Å². The predicted octanol–water partition coefficient (Wildman–Crippen LogP) is 5.93. The molecule has 2 aromatic carbocycles. The minimum Gasteiger partial charge on any atom is -0.385 e. The minimum absolute atomic E-state index is 0.146. The summed E-state index contributed by atoms with van der Waals surface area (Å²) in [6.07, 6.45) is 6.18. The van der Waals surface area contributed by atoms with Crippen LogP contribution >= 0.6 is 0 Å². The molecule has 0 spiro atoms. The van der Waals surface area contributed by atoms with Gasteiger partial charge in [0.25, 0.3) is 0 Å². The molecule has 0 radical (unpaired) electrons. The number of hydrogen-bond donors (Lipinski definition) is 1. The largest absolute Gasteiger partial charge is 0.385 e. The summed E-state index contributed by atoms with van der Waals surface area (Å²) in [7, 11) is 0. The van der Waals surface area contributed by atoms with E-state index in [0.717, 1.165) is 48.5 Å². The number of nitrogens with zero attached hydrogens (tertiary/aromatic N) is 1. The highest BCUT2D eigenvalue weighted by Gasteiger charge is 2.39. The lowest BCUT2D eigenvalue weighted by molar-refractivity contribution is 0.0283. The second-order valence-electron chi connectivity index (χ2n) is 9.66. The highest BCUT2D eigenvalue weighted by Crippen LogP contribution is 2.44. The molecule has 1 aliphatic carbocycles. The first-order valence-electron chi connectivity index (χ1n) is 11.7. The Morgan fingerprint density at radius 1 is 1.00 bits per heavy atom. The Labute approximate surface area is 181 Å². The lowest BCUT2D eigenvalue weighted by Crippen LogP contribution is -2.44. The van der Waals surface area contributed by atoms with Gasteiger partial charge in [-0.15, -0.1) is 0 Å². The summed E-state index contributed by atoms with van der Waals surface area (Å²) < 4.78 is 14.4. The van der Waals surface area contributed by atoms with Crippen LogP contribution in [0.25, 0.3) is 0 Å². The van der Waals surface area contributed by atoms with E-state index in [2.05, 4.69) is 35.2 Å². The van der Waals surface area contributed by atoms with Gasteiger partial charge in [0.1, 0.15) is 5.82 Å². The molecular weight excluding hydrogens is 373 g/mol. The van der Waals surface area contributed by atoms with Crippen molar-refractivity contribution in [3.63, 3.8) is 0 Å². The first-order chi connectivity index (χ1) is 14.4. The molecule has 1 aliphatic heterocycles. The number of benzene rings is 2. The van der Waals surface area contributed by atoms with E-state index in [4.69, 9.17) is 0 Å². The molecule has 4 rings (SSSR count). The van der Waals surface area contributed by atoms with Crippen LogP contribution in [0, 0.1) is 18.7 Å². The zero-order valence-electron chi connectivity index (χ0n) is 18.8. The number of aryl methyl sites for hydroxylation is 1. The first-order valence-corrected chi connectivity index (χ1v) is 11.7. The Balaban J connectivity index is 1.69. The van der Waals surface area contributed by atoms with Gasteiger partial charge in [0, 0.05) is 12.0 Å². The lowest BCUT2D eigenvalue weighted by Gasteiger charge is -2.43. The number of piperidine rings is 1. The molecular formula is C27H36FNO. The normalized spacial score (nSPS) is 19.8. The van der Waals surface area contributed by atoms with Crippen molar-refractivity contribution in [2.45, 2.75) is 70.3 Å². The SMILES string of the molecule is CCC(O)(CC)c1ccc(C2(c3cc(C)cc(F)c3)CCN(CC3CC3)CC2)cc1. The molecule has 1 N–H and O–H groups in total. The van der Waals surface area contributed by atoms with Crippen molar-refractivity contribution < 1.29 is 9.50 Å². The van der Waals surface area contributed by atoms with Gasteiger partial charge in [-0.2, -0.15) is 0 Å². The summed E-state index contributed by atoms with van der Waals surface area (Å²) in [5.41, 5.74) is 3.37. The van der Waals surface area contributed by atoms with Gasteiger partial charge in [0.15, 0.2) is 0 Å². The van der Waals surface area contributed by atoms with Crippen LogP contribution in [0.4, 0.5) is 4.39 Å². The highest BCUT2D eigenvalue weighted by atomic mass is 19.1. The van der Waals surface area contributed by atoms with Crippen molar-refractivity contribution in [2.75, 3.05) is 19.6 Å². The quantitative estimate of drug-likeness (QED) is 0.612. The molecule has 0 amide bonds. The van der Waals surface area contributed by atoms with Crippen LogP contribution in [0.3, 0.4) is 0 Å². The molecule has 2 aliphatic rings. The molecule has 30 heavy (non-hydrogen) atoms. The number of halogens is 1. The van der Waals surface area contributed by atoms with Crippen LogP contribution in [0.5, 0.6) is 0 Å². The van der Waals surface area contributed by atoms with Gasteiger partial charge in [-0.1, -0.05) is 44.2 Å². The maximum Gasteiger partial charge on any atom is 0.123 e. The predicted molar refractivity (Wildman–Crippen MR) is 121 cm³/mol. The summed E-state index contributed by atoms with van der Waals surface area (Å²) in [5, 5.41) is 10.9. The van der Waals surface area contributed by atoms with Gasteiger partial charge < -0.3 is 10.0 Å². The molecule has 0 unspecified atom stereocenters. The number of hydrogen-bond acceptors (Lipinski definition) is 2. The van der Waals surface area contributed by atoms with Crippen molar-refractivity contribution in [3.8, 4) is 0 Å². The Kier molecular flexibility index (Phi) is 6.05. The van der Waals surface area contributed by atoms with Gasteiger partial charge in [0.05, 0.1) is 5.60 Å². The average Bonchev–Trinajstić information content (AvgIpc) is 3.57. The molecule has 2 aromatic rings. The third-order valence-corrected chi connectivity index (χ3v) is 7.66. The Hall–Kier alpha value is -1.71. The average molecular weight is 410 g/mol. The van der Waals surface area contributed by atoms with E-state index in [-0.39, 0.29) is 11.2 Å². The van der Waals surface area contributed by atoms with Crippen LogP contribution in [-0.4, -0.2) is 29.6 Å². The first kappa shape index (κ1) is 21.5. The minimum atomic E-state index is -0.769. The van der Waals surface area contributed by atoms with Crippen LogP contribution in [0.15, 0.2) is 42.5 Å². The van der Waals surface area contributed by atoms with E-state index in [9.17, 15) is 9.50 Å². The molecule has 0 aromatic heterocycles. The standard InChI is InChI=1S/C27H36FNO/c1-4-27(30,5-2)23-10-8-22(9-11-23)26(24-16-20(3)17-25(28)18-24)12-14-29(15-13-26)19-21-6-7-21/h8-11,16-18,21,30H,4-7,12-15,19H2,1-3H3. The fourth-order valence-corrected chi connectivity index (χ4v) is 5.30. The van der Waals surface area contributed by atoms with Crippen molar-refractivity contribution in [3.05, 3.63) is 70.5 Å². The molecule has 1 heterocycles. The summed E-state index contributed by atoms with van der Waals surface area (Å²) in [6.45, 7) is 9.38. The topological polar surface area (TPSA) is 23.5 Å². The van der Waals surface area contributed by atoms with E-state index in [1.54, 1.807) is 12.1 Å². The zero-order chi connectivity index (χ0) is 21.4. The van der Waals surface area contributed by atoms with Gasteiger partial charge >= 0.3 is 0 Å². The third kappa shape index (κ3) is 4.20. The van der Waals surface area contributed by atoms with Gasteiger partial charge in [0.2, 0.25) is 0 Å². The Morgan fingerprint density at radius 2 is 1.63 bits per heavy atom. The van der Waals surface area contributed by atoms with E-state index >= 15 is 0 Å². The van der Waals surface area contributed by atoms with Crippen molar-refractivity contribution in [1.29, 1.82) is 0 Å². The van der Waals surface area contributed by atoms with Gasteiger partial charge in [-0.3, -0.25) is 0 Å². The molecule has 2 fully saturated rings. The van der Waals surface area contributed by atoms with Crippen LogP contribution in [0.2, 0.25) is 0 Å². The third-order valence-electron chi connectivity index (χ3n) is 7.66. The van der Waals surface area contributed by atoms with Gasteiger partial charge in [-0.05, 0) is 98.8 Å². The van der Waals surface area contributed by atoms with Crippen LogP contribution < -0.4 is 0 Å². The van der Waals surface area contributed by atoms with Crippen LogP contribution in [0.1, 0.15) is 74.6 Å². The van der Waals surface area contributed by atoms with E-state index in [1.165, 1.54) is 24.9 Å². The zero-order valence-corrected chi connectivity index (χ0v) is 18.8. The highest BCUT2D eigenvalue weighted by molar-refractivity contribution is 5.43. The van der Waals surface area contributed by atoms with E-state index < -0.39 is 5.60 Å². The lowest BCUT2D eigenvalue weighted by atomic mass is 9.67. The fourth-order valence-electron chi connectivity index (χ4n) is 5.30. The van der Waals surface area contributed by atoms with E-state index in [1.807, 2.05) is 20.8 Å². The van der Waals surface area contributed by atoms with Crippen molar-refractivity contribution >= 4 is 0 Å². The molecule has 162 valence electrons.